The molecule has 0 fully saturated rings. The first-order valence-electron chi connectivity index (χ1n) is 6.02. The van der Waals surface area contributed by atoms with Gasteiger partial charge in [-0.3, -0.25) is 9.59 Å². The van der Waals surface area contributed by atoms with E-state index >= 15 is 0 Å². The average molecular weight is 260 g/mol. The van der Waals surface area contributed by atoms with Crippen LogP contribution in [-0.2, 0) is 11.2 Å². The summed E-state index contributed by atoms with van der Waals surface area (Å²) < 4.78 is 0. The molecule has 2 N–H and O–H groups in total. The lowest BCUT2D eigenvalue weighted by Crippen LogP contribution is -2.26. The fourth-order valence-corrected chi connectivity index (χ4v) is 2.00. The Bertz CT molecular complexity index is 701. The Morgan fingerprint density at radius 2 is 2.11 bits per heavy atom. The van der Waals surface area contributed by atoms with Crippen LogP contribution in [0.2, 0.25) is 0 Å². The van der Waals surface area contributed by atoms with Gasteiger partial charge < -0.3 is 10.1 Å². The van der Waals surface area contributed by atoms with Gasteiger partial charge in [-0.15, -0.1) is 0 Å². The largest absolute Gasteiger partial charge is 0.481 e. The molecule has 0 spiro atoms. The van der Waals surface area contributed by atoms with Crippen molar-refractivity contribution in [3.63, 3.8) is 0 Å². The molecule has 0 radical (unpaired) electrons. The molecule has 2 rings (SSSR count). The predicted octanol–water partition coefficient (Wildman–Crippen LogP) is 1.88. The highest BCUT2D eigenvalue weighted by atomic mass is 16.4. The third-order valence-electron chi connectivity index (χ3n) is 3.11. The number of carboxylic acids is 1. The SMILES string of the molecule is Cc1nc2ccc(CC(C)(C)C(=O)O)cc2c(=O)[nH]1. The minimum Gasteiger partial charge on any atom is -0.481 e. The second-order valence-electron chi connectivity index (χ2n) is 5.37. The molecule has 0 aliphatic rings. The van der Waals surface area contributed by atoms with Crippen LogP contribution in [0.3, 0.4) is 0 Å². The molecule has 1 heterocycles. The second-order valence-corrected chi connectivity index (χ2v) is 5.37. The number of aryl methyl sites for hydroxylation is 1. The molecule has 5 heteroatoms. The smallest absolute Gasteiger partial charge is 0.309 e. The van der Waals surface area contributed by atoms with Crippen LogP contribution in [0.4, 0.5) is 0 Å². The van der Waals surface area contributed by atoms with Gasteiger partial charge in [-0.2, -0.15) is 0 Å². The maximum atomic E-state index is 11.8. The van der Waals surface area contributed by atoms with Crippen molar-refractivity contribution in [2.75, 3.05) is 0 Å². The number of hydrogen-bond donors (Lipinski definition) is 2. The molecule has 0 bridgehead atoms. The Labute approximate surface area is 110 Å². The van der Waals surface area contributed by atoms with Crippen molar-refractivity contribution < 1.29 is 9.90 Å². The van der Waals surface area contributed by atoms with Gasteiger partial charge in [0.1, 0.15) is 5.82 Å². The lowest BCUT2D eigenvalue weighted by atomic mass is 9.86. The molecule has 0 aliphatic carbocycles. The normalized spacial score (nSPS) is 11.7. The standard InChI is InChI=1S/C14H16N2O3/c1-8-15-11-5-4-9(6-10(11)12(17)16-8)7-14(2,3)13(18)19/h4-6H,7H2,1-3H3,(H,18,19)(H,15,16,17). The Hall–Kier alpha value is -2.17. The fourth-order valence-electron chi connectivity index (χ4n) is 2.00. The zero-order valence-electron chi connectivity index (χ0n) is 11.2. The van der Waals surface area contributed by atoms with Crippen LogP contribution in [0.1, 0.15) is 25.2 Å². The third-order valence-corrected chi connectivity index (χ3v) is 3.11. The van der Waals surface area contributed by atoms with Gasteiger partial charge in [0.15, 0.2) is 0 Å². The van der Waals surface area contributed by atoms with Gasteiger partial charge in [0.25, 0.3) is 5.56 Å². The number of aromatic amines is 1. The van der Waals surface area contributed by atoms with E-state index in [0.29, 0.717) is 23.1 Å². The Balaban J connectivity index is 2.48. The van der Waals surface area contributed by atoms with E-state index in [4.69, 9.17) is 5.11 Å². The molecule has 19 heavy (non-hydrogen) atoms. The van der Waals surface area contributed by atoms with Crippen LogP contribution < -0.4 is 5.56 Å². The molecule has 1 aromatic heterocycles. The van der Waals surface area contributed by atoms with Gasteiger partial charge >= 0.3 is 5.97 Å². The van der Waals surface area contributed by atoms with Gasteiger partial charge in [-0.25, -0.2) is 4.98 Å². The van der Waals surface area contributed by atoms with E-state index in [0.717, 1.165) is 5.56 Å². The number of rotatable bonds is 3. The van der Waals surface area contributed by atoms with E-state index < -0.39 is 11.4 Å². The van der Waals surface area contributed by atoms with Gasteiger partial charge in [0, 0.05) is 0 Å². The Kier molecular flexibility index (Phi) is 3.14. The number of aromatic nitrogens is 2. The molecule has 2 aromatic rings. The Morgan fingerprint density at radius 3 is 2.74 bits per heavy atom. The second kappa shape index (κ2) is 4.50. The summed E-state index contributed by atoms with van der Waals surface area (Å²) in [5, 5.41) is 9.62. The van der Waals surface area contributed by atoms with Gasteiger partial charge in [0.2, 0.25) is 0 Å². The van der Waals surface area contributed by atoms with Crippen LogP contribution >= 0.6 is 0 Å². The topological polar surface area (TPSA) is 83.0 Å². The number of H-pyrrole nitrogens is 1. The third kappa shape index (κ3) is 2.65. The first-order valence-corrected chi connectivity index (χ1v) is 6.02. The number of benzene rings is 1. The van der Waals surface area contributed by atoms with Crippen LogP contribution in [0.25, 0.3) is 10.9 Å². The first-order chi connectivity index (χ1) is 8.79. The number of fused-ring (bicyclic) bond motifs is 1. The molecule has 1 aromatic carbocycles. The summed E-state index contributed by atoms with van der Waals surface area (Å²) in [5.41, 5.74) is 0.380. The summed E-state index contributed by atoms with van der Waals surface area (Å²) in [7, 11) is 0. The maximum absolute atomic E-state index is 11.8. The zero-order chi connectivity index (χ0) is 14.2. The number of carboxylic acid groups (broad SMARTS) is 1. The molecule has 100 valence electrons. The van der Waals surface area contributed by atoms with E-state index in [1.807, 2.05) is 6.07 Å². The first kappa shape index (κ1) is 13.3. The fraction of sp³-hybridized carbons (Fsp3) is 0.357. The Morgan fingerprint density at radius 1 is 1.42 bits per heavy atom. The average Bonchev–Trinajstić information content (AvgIpc) is 2.29. The predicted molar refractivity (Wildman–Crippen MR) is 72.2 cm³/mol. The zero-order valence-corrected chi connectivity index (χ0v) is 11.2. The van der Waals surface area contributed by atoms with Crippen molar-refractivity contribution >= 4 is 16.9 Å². The van der Waals surface area contributed by atoms with Gasteiger partial charge in [-0.1, -0.05) is 6.07 Å². The molecule has 0 aliphatic heterocycles. The minimum atomic E-state index is -0.863. The van der Waals surface area contributed by atoms with Crippen LogP contribution in [-0.4, -0.2) is 21.0 Å². The molecule has 5 nitrogen and oxygen atoms in total. The van der Waals surface area contributed by atoms with Gasteiger partial charge in [0.05, 0.1) is 16.3 Å². The molecular formula is C14H16N2O3. The summed E-state index contributed by atoms with van der Waals surface area (Å²) in [6.45, 7) is 5.05. The summed E-state index contributed by atoms with van der Waals surface area (Å²) in [4.78, 5) is 29.8. The van der Waals surface area contributed by atoms with E-state index in [1.165, 1.54) is 0 Å². The number of carbonyl (C=O) groups is 1. The van der Waals surface area contributed by atoms with E-state index in [-0.39, 0.29) is 5.56 Å². The summed E-state index contributed by atoms with van der Waals surface area (Å²) in [6, 6.07) is 5.29. The molecular weight excluding hydrogens is 244 g/mol. The number of aliphatic carboxylic acids is 1. The monoisotopic (exact) mass is 260 g/mol. The van der Waals surface area contributed by atoms with Crippen LogP contribution in [0, 0.1) is 12.3 Å². The lowest BCUT2D eigenvalue weighted by molar-refractivity contribution is -0.146. The van der Waals surface area contributed by atoms with Crippen LogP contribution in [0.5, 0.6) is 0 Å². The van der Waals surface area contributed by atoms with Crippen molar-refractivity contribution in [2.45, 2.75) is 27.2 Å². The highest BCUT2D eigenvalue weighted by Crippen LogP contribution is 2.23. The molecule has 0 amide bonds. The molecule has 0 atom stereocenters. The van der Waals surface area contributed by atoms with Gasteiger partial charge in [-0.05, 0) is 44.9 Å². The highest BCUT2D eigenvalue weighted by Gasteiger charge is 2.27. The summed E-state index contributed by atoms with van der Waals surface area (Å²) in [5.74, 6) is -0.292. The van der Waals surface area contributed by atoms with Crippen molar-refractivity contribution in [1.82, 2.24) is 9.97 Å². The number of nitrogens with zero attached hydrogens (tertiary/aromatic N) is 1. The number of nitrogens with one attached hydrogen (secondary N) is 1. The maximum Gasteiger partial charge on any atom is 0.309 e. The molecule has 0 unspecified atom stereocenters. The highest BCUT2D eigenvalue weighted by molar-refractivity contribution is 5.79. The molecule has 0 saturated heterocycles. The van der Waals surface area contributed by atoms with E-state index in [2.05, 4.69) is 9.97 Å². The van der Waals surface area contributed by atoms with E-state index in [9.17, 15) is 9.59 Å². The van der Waals surface area contributed by atoms with Crippen molar-refractivity contribution in [2.24, 2.45) is 5.41 Å². The van der Waals surface area contributed by atoms with Crippen molar-refractivity contribution in [3.8, 4) is 0 Å². The number of hydrogen-bond acceptors (Lipinski definition) is 3. The summed E-state index contributed by atoms with van der Waals surface area (Å²) >= 11 is 0. The van der Waals surface area contributed by atoms with Crippen LogP contribution in [0.15, 0.2) is 23.0 Å². The molecule has 0 saturated carbocycles. The van der Waals surface area contributed by atoms with Crippen molar-refractivity contribution in [1.29, 1.82) is 0 Å². The quantitative estimate of drug-likeness (QED) is 0.882. The van der Waals surface area contributed by atoms with Crippen molar-refractivity contribution in [3.05, 3.63) is 39.9 Å². The van der Waals surface area contributed by atoms with E-state index in [1.54, 1.807) is 32.9 Å². The summed E-state index contributed by atoms with van der Waals surface area (Å²) in [6.07, 6.45) is 0.367. The lowest BCUT2D eigenvalue weighted by Gasteiger charge is -2.19. The minimum absolute atomic E-state index is 0.197.